The second-order valence-electron chi connectivity index (χ2n) is 5.60. The molecular formula is C16H24ClNO. The van der Waals surface area contributed by atoms with Crippen LogP contribution in [0.25, 0.3) is 0 Å². The number of allylic oxidation sites excluding steroid dienone is 1. The van der Waals surface area contributed by atoms with Crippen LogP contribution in [0.5, 0.6) is 5.75 Å². The number of hydrogen-bond acceptors (Lipinski definition) is 2. The minimum Gasteiger partial charge on any atom is -0.496 e. The van der Waals surface area contributed by atoms with Crippen molar-refractivity contribution in [3.8, 4) is 5.75 Å². The van der Waals surface area contributed by atoms with Crippen LogP contribution in [-0.2, 0) is 6.42 Å². The lowest BCUT2D eigenvalue weighted by Gasteiger charge is -2.19. The second-order valence-corrected chi connectivity index (χ2v) is 6.03. The maximum atomic E-state index is 6.00. The monoisotopic (exact) mass is 281 g/mol. The molecule has 106 valence electrons. The third kappa shape index (κ3) is 6.65. The summed E-state index contributed by atoms with van der Waals surface area (Å²) in [6.07, 6.45) is 6.23. The van der Waals surface area contributed by atoms with E-state index in [4.69, 9.17) is 16.3 Å². The van der Waals surface area contributed by atoms with Gasteiger partial charge >= 0.3 is 0 Å². The lowest BCUT2D eigenvalue weighted by atomic mass is 10.1. The molecule has 0 spiro atoms. The molecule has 0 aliphatic carbocycles. The Labute approximate surface area is 121 Å². The molecule has 0 atom stereocenters. The Morgan fingerprint density at radius 3 is 2.63 bits per heavy atom. The zero-order chi connectivity index (χ0) is 14.3. The molecule has 1 aromatic carbocycles. The number of nitrogens with one attached hydrogen (secondary N) is 1. The van der Waals surface area contributed by atoms with Gasteiger partial charge < -0.3 is 10.1 Å². The molecule has 0 aliphatic rings. The number of rotatable bonds is 6. The van der Waals surface area contributed by atoms with Crippen LogP contribution >= 0.6 is 11.6 Å². The number of methoxy groups -OCH3 is 1. The summed E-state index contributed by atoms with van der Waals surface area (Å²) in [7, 11) is 1.68. The van der Waals surface area contributed by atoms with E-state index in [1.807, 2.05) is 18.2 Å². The molecule has 0 radical (unpaired) electrons. The van der Waals surface area contributed by atoms with Gasteiger partial charge in [0.2, 0.25) is 0 Å². The predicted octanol–water partition coefficient (Wildman–Crippen LogP) is 4.23. The highest BCUT2D eigenvalue weighted by atomic mass is 35.5. The highest BCUT2D eigenvalue weighted by Gasteiger charge is 2.06. The topological polar surface area (TPSA) is 21.3 Å². The van der Waals surface area contributed by atoms with Crippen LogP contribution in [0.3, 0.4) is 0 Å². The molecule has 19 heavy (non-hydrogen) atoms. The molecule has 1 aromatic rings. The van der Waals surface area contributed by atoms with E-state index in [9.17, 15) is 0 Å². The van der Waals surface area contributed by atoms with Crippen LogP contribution in [-0.4, -0.2) is 19.2 Å². The molecule has 0 bridgehead atoms. The first-order chi connectivity index (χ1) is 8.92. The number of benzene rings is 1. The van der Waals surface area contributed by atoms with Gasteiger partial charge in [-0.1, -0.05) is 23.8 Å². The van der Waals surface area contributed by atoms with Crippen LogP contribution in [0.2, 0.25) is 5.02 Å². The smallest absolute Gasteiger partial charge is 0.122 e. The lowest BCUT2D eigenvalue weighted by Crippen LogP contribution is -2.36. The van der Waals surface area contributed by atoms with Crippen LogP contribution in [0.1, 0.15) is 32.8 Å². The Bertz CT molecular complexity index is 421. The summed E-state index contributed by atoms with van der Waals surface area (Å²) in [5, 5.41) is 4.20. The normalized spacial score (nSPS) is 12.1. The summed E-state index contributed by atoms with van der Waals surface area (Å²) < 4.78 is 5.32. The van der Waals surface area contributed by atoms with E-state index < -0.39 is 0 Å². The first-order valence-corrected chi connectivity index (χ1v) is 7.02. The van der Waals surface area contributed by atoms with Crippen molar-refractivity contribution in [1.82, 2.24) is 5.32 Å². The molecule has 0 aliphatic heterocycles. The summed E-state index contributed by atoms with van der Waals surface area (Å²) >= 11 is 6.00. The molecule has 0 saturated carbocycles. The van der Waals surface area contributed by atoms with Gasteiger partial charge in [-0.25, -0.2) is 0 Å². The molecule has 0 heterocycles. The highest BCUT2D eigenvalue weighted by Crippen LogP contribution is 2.23. The standard InChI is InChI=1S/C16H24ClNO/c1-16(2,3)18-11-7-5-6-8-13-12-14(17)9-10-15(13)19-4/h5-6,9-10,12,18H,7-8,11H2,1-4H3. The van der Waals surface area contributed by atoms with Gasteiger partial charge in [0.15, 0.2) is 0 Å². The third-order valence-electron chi connectivity index (χ3n) is 2.71. The van der Waals surface area contributed by atoms with Crippen LogP contribution < -0.4 is 10.1 Å². The van der Waals surface area contributed by atoms with Crippen molar-refractivity contribution in [3.63, 3.8) is 0 Å². The minimum absolute atomic E-state index is 0.185. The summed E-state index contributed by atoms with van der Waals surface area (Å²) in [5.74, 6) is 0.891. The summed E-state index contributed by atoms with van der Waals surface area (Å²) in [6.45, 7) is 7.52. The van der Waals surface area contributed by atoms with Gasteiger partial charge in [0.25, 0.3) is 0 Å². The van der Waals surface area contributed by atoms with Crippen molar-refractivity contribution >= 4 is 11.6 Å². The van der Waals surface area contributed by atoms with Gasteiger partial charge in [0.05, 0.1) is 7.11 Å². The van der Waals surface area contributed by atoms with Crippen LogP contribution in [0, 0.1) is 0 Å². The zero-order valence-corrected chi connectivity index (χ0v) is 13.1. The van der Waals surface area contributed by atoms with E-state index in [0.717, 1.165) is 35.7 Å². The van der Waals surface area contributed by atoms with Gasteiger partial charge in [0.1, 0.15) is 5.75 Å². The highest BCUT2D eigenvalue weighted by molar-refractivity contribution is 6.30. The van der Waals surface area contributed by atoms with Crippen molar-refractivity contribution in [1.29, 1.82) is 0 Å². The van der Waals surface area contributed by atoms with Crippen LogP contribution in [0.4, 0.5) is 0 Å². The van der Waals surface area contributed by atoms with E-state index in [1.54, 1.807) is 7.11 Å². The first-order valence-electron chi connectivity index (χ1n) is 6.65. The molecule has 3 heteroatoms. The molecule has 0 unspecified atom stereocenters. The van der Waals surface area contributed by atoms with Crippen molar-refractivity contribution in [2.45, 2.75) is 39.2 Å². The average molecular weight is 282 g/mol. The fourth-order valence-electron chi connectivity index (χ4n) is 1.77. The van der Waals surface area contributed by atoms with Crippen molar-refractivity contribution in [2.24, 2.45) is 0 Å². The predicted molar refractivity (Wildman–Crippen MR) is 83.2 cm³/mol. The molecule has 0 saturated heterocycles. The molecule has 0 amide bonds. The maximum Gasteiger partial charge on any atom is 0.122 e. The van der Waals surface area contributed by atoms with Gasteiger partial charge in [-0.15, -0.1) is 0 Å². The largest absolute Gasteiger partial charge is 0.496 e. The van der Waals surface area contributed by atoms with Crippen LogP contribution in [0.15, 0.2) is 30.4 Å². The minimum atomic E-state index is 0.185. The summed E-state index contributed by atoms with van der Waals surface area (Å²) in [6, 6.07) is 5.71. The summed E-state index contributed by atoms with van der Waals surface area (Å²) in [4.78, 5) is 0. The molecular weight excluding hydrogens is 258 g/mol. The SMILES string of the molecule is COc1ccc(Cl)cc1CC=CCCNC(C)(C)C. The van der Waals surface area contributed by atoms with Gasteiger partial charge in [-0.2, -0.15) is 0 Å². The van der Waals surface area contributed by atoms with E-state index in [0.29, 0.717) is 0 Å². The van der Waals surface area contributed by atoms with Gasteiger partial charge in [-0.05, 0) is 63.9 Å². The quantitative estimate of drug-likeness (QED) is 0.622. The fourth-order valence-corrected chi connectivity index (χ4v) is 1.96. The summed E-state index contributed by atoms with van der Waals surface area (Å²) in [5.41, 5.74) is 1.30. The molecule has 0 aromatic heterocycles. The lowest BCUT2D eigenvalue weighted by molar-refractivity contribution is 0.410. The Morgan fingerprint density at radius 1 is 1.26 bits per heavy atom. The van der Waals surface area contributed by atoms with E-state index in [-0.39, 0.29) is 5.54 Å². The van der Waals surface area contributed by atoms with Crippen molar-refractivity contribution in [3.05, 3.63) is 40.9 Å². The molecule has 0 fully saturated rings. The van der Waals surface area contributed by atoms with Crippen molar-refractivity contribution in [2.75, 3.05) is 13.7 Å². The van der Waals surface area contributed by atoms with E-state index in [1.165, 1.54) is 0 Å². The van der Waals surface area contributed by atoms with Gasteiger partial charge in [0, 0.05) is 10.6 Å². The maximum absolute atomic E-state index is 6.00. The Balaban J connectivity index is 2.42. The second kappa shape index (κ2) is 7.56. The first kappa shape index (κ1) is 16.1. The van der Waals surface area contributed by atoms with E-state index in [2.05, 4.69) is 38.2 Å². The molecule has 1 N–H and O–H groups in total. The Hall–Kier alpha value is -0.990. The fraction of sp³-hybridized carbons (Fsp3) is 0.500. The average Bonchev–Trinajstić information content (AvgIpc) is 2.32. The molecule has 2 nitrogen and oxygen atoms in total. The zero-order valence-electron chi connectivity index (χ0n) is 12.3. The number of halogens is 1. The third-order valence-corrected chi connectivity index (χ3v) is 2.95. The Morgan fingerprint density at radius 2 is 2.00 bits per heavy atom. The number of hydrogen-bond donors (Lipinski definition) is 1. The van der Waals surface area contributed by atoms with Crippen molar-refractivity contribution < 1.29 is 4.74 Å². The van der Waals surface area contributed by atoms with Gasteiger partial charge in [-0.3, -0.25) is 0 Å². The van der Waals surface area contributed by atoms with E-state index >= 15 is 0 Å². The Kier molecular flexibility index (Phi) is 6.40. The molecule has 1 rings (SSSR count). The number of ether oxygens (including phenoxy) is 1.